The van der Waals surface area contributed by atoms with E-state index in [1.54, 1.807) is 0 Å². The summed E-state index contributed by atoms with van der Waals surface area (Å²) >= 11 is 0. The highest BCUT2D eigenvalue weighted by atomic mass is 15.1. The lowest BCUT2D eigenvalue weighted by molar-refractivity contribution is 1.28. The van der Waals surface area contributed by atoms with Crippen molar-refractivity contribution >= 4 is 27.8 Å². The van der Waals surface area contributed by atoms with Crippen molar-refractivity contribution in [3.05, 3.63) is 224 Å². The Morgan fingerprint density at radius 3 is 1.28 bits per heavy atom. The van der Waals surface area contributed by atoms with E-state index in [9.17, 15) is 0 Å². The predicted molar refractivity (Wildman–Crippen MR) is 226 cm³/mol. The van der Waals surface area contributed by atoms with Gasteiger partial charge in [0.05, 0.1) is 0 Å². The topological polar surface area (TPSA) is 3.24 Å². The molecule has 0 fully saturated rings. The second kappa shape index (κ2) is 14.3. The van der Waals surface area contributed by atoms with Crippen LogP contribution >= 0.6 is 0 Å². The number of nitrogens with zero attached hydrogens (tertiary/aromatic N) is 1. The zero-order valence-electron chi connectivity index (χ0n) is 29.3. The van der Waals surface area contributed by atoms with E-state index in [4.69, 9.17) is 0 Å². The smallest absolute Gasteiger partial charge is 0.0462 e. The van der Waals surface area contributed by atoms with E-state index < -0.39 is 0 Å². The number of para-hydroxylation sites is 1. The first kappa shape index (κ1) is 32.0. The molecule has 0 heterocycles. The van der Waals surface area contributed by atoms with Gasteiger partial charge in [0.1, 0.15) is 0 Å². The molecule has 0 saturated carbocycles. The minimum absolute atomic E-state index is 1.11. The summed E-state index contributed by atoms with van der Waals surface area (Å²) in [6, 6.07) is 80.7. The standard InChI is InChI=1S/C52H37N/c1-5-14-38(15-6-1)44-29-34-50(52(37-44)41-18-9-3-10-19-41)42-26-32-48(33-27-42)53(46-21-11-4-12-22-46)47-30-24-39(25-31-47)43-28-35-51-45(36-43)20-13-23-49(51)40-16-7-2-8-17-40/h1-37H. The molecule has 0 aliphatic heterocycles. The quantitative estimate of drug-likeness (QED) is 0.155. The van der Waals surface area contributed by atoms with Crippen LogP contribution in [0.2, 0.25) is 0 Å². The van der Waals surface area contributed by atoms with Crippen molar-refractivity contribution < 1.29 is 0 Å². The first-order valence-electron chi connectivity index (χ1n) is 18.2. The van der Waals surface area contributed by atoms with E-state index in [-0.39, 0.29) is 0 Å². The molecule has 0 N–H and O–H groups in total. The summed E-state index contributed by atoms with van der Waals surface area (Å²) in [6.45, 7) is 0. The normalized spacial score (nSPS) is 11.0. The third kappa shape index (κ3) is 6.53. The largest absolute Gasteiger partial charge is 0.311 e. The van der Waals surface area contributed by atoms with Crippen molar-refractivity contribution in [1.29, 1.82) is 0 Å². The number of anilines is 3. The lowest BCUT2D eigenvalue weighted by Crippen LogP contribution is -2.09. The molecule has 0 spiro atoms. The molecule has 0 radical (unpaired) electrons. The fourth-order valence-corrected chi connectivity index (χ4v) is 7.41. The average molecular weight is 676 g/mol. The molecule has 0 aliphatic carbocycles. The van der Waals surface area contributed by atoms with Crippen LogP contribution in [0.1, 0.15) is 0 Å². The number of fused-ring (bicyclic) bond motifs is 1. The van der Waals surface area contributed by atoms with Crippen molar-refractivity contribution in [3.63, 3.8) is 0 Å². The van der Waals surface area contributed by atoms with Crippen LogP contribution in [-0.2, 0) is 0 Å². The minimum atomic E-state index is 1.11. The average Bonchev–Trinajstić information content (AvgIpc) is 3.25. The Labute approximate surface area is 311 Å². The maximum atomic E-state index is 2.33. The summed E-state index contributed by atoms with van der Waals surface area (Å²) in [5.41, 5.74) is 15.5. The Morgan fingerprint density at radius 1 is 0.226 bits per heavy atom. The van der Waals surface area contributed by atoms with Crippen molar-refractivity contribution in [2.24, 2.45) is 0 Å². The van der Waals surface area contributed by atoms with E-state index in [0.717, 1.165) is 17.1 Å². The second-order valence-corrected chi connectivity index (χ2v) is 13.4. The number of benzene rings is 9. The molecule has 0 bridgehead atoms. The number of rotatable bonds is 8. The Bertz CT molecular complexity index is 2610. The second-order valence-electron chi connectivity index (χ2n) is 13.4. The molecule has 1 heteroatoms. The van der Waals surface area contributed by atoms with Crippen LogP contribution in [0.15, 0.2) is 224 Å². The molecule has 1 nitrogen and oxygen atoms in total. The maximum Gasteiger partial charge on any atom is 0.0462 e. The molecule has 9 aromatic carbocycles. The third-order valence-corrected chi connectivity index (χ3v) is 10.1. The van der Waals surface area contributed by atoms with Crippen molar-refractivity contribution in [1.82, 2.24) is 0 Å². The summed E-state index contributed by atoms with van der Waals surface area (Å²) in [5, 5.41) is 2.50. The van der Waals surface area contributed by atoms with Gasteiger partial charge in [-0.3, -0.25) is 0 Å². The van der Waals surface area contributed by atoms with E-state index in [1.165, 1.54) is 66.4 Å². The van der Waals surface area contributed by atoms with Gasteiger partial charge in [-0.15, -0.1) is 0 Å². The van der Waals surface area contributed by atoms with Gasteiger partial charge >= 0.3 is 0 Å². The zero-order valence-corrected chi connectivity index (χ0v) is 29.3. The highest BCUT2D eigenvalue weighted by molar-refractivity contribution is 5.99. The molecule has 0 aromatic heterocycles. The molecule has 0 aliphatic rings. The molecule has 0 unspecified atom stereocenters. The van der Waals surface area contributed by atoms with Gasteiger partial charge in [-0.05, 0) is 115 Å². The van der Waals surface area contributed by atoms with Gasteiger partial charge < -0.3 is 4.90 Å². The minimum Gasteiger partial charge on any atom is -0.311 e. The maximum absolute atomic E-state index is 2.33. The predicted octanol–water partition coefficient (Wildman–Crippen LogP) is 14.6. The SMILES string of the molecule is c1ccc(-c2ccc(-c3ccc(N(c4ccccc4)c4ccc(-c5ccc6c(-c7ccccc7)cccc6c5)cc4)cc3)c(-c3ccccc3)c2)cc1. The van der Waals surface area contributed by atoms with Crippen LogP contribution in [0.3, 0.4) is 0 Å². The molecule has 9 rings (SSSR count). The fraction of sp³-hybridized carbons (Fsp3) is 0. The lowest BCUT2D eigenvalue weighted by atomic mass is 9.91. The van der Waals surface area contributed by atoms with Crippen LogP contribution in [0.5, 0.6) is 0 Å². The molecule has 0 saturated heterocycles. The van der Waals surface area contributed by atoms with E-state index in [0.29, 0.717) is 0 Å². The Hall–Kier alpha value is -6.96. The van der Waals surface area contributed by atoms with Crippen molar-refractivity contribution in [2.45, 2.75) is 0 Å². The molecule has 53 heavy (non-hydrogen) atoms. The van der Waals surface area contributed by atoms with Gasteiger partial charge in [0, 0.05) is 17.1 Å². The van der Waals surface area contributed by atoms with Crippen LogP contribution < -0.4 is 4.90 Å². The summed E-state index contributed by atoms with van der Waals surface area (Å²) in [7, 11) is 0. The monoisotopic (exact) mass is 675 g/mol. The number of hydrogen-bond acceptors (Lipinski definition) is 1. The van der Waals surface area contributed by atoms with Crippen LogP contribution in [-0.4, -0.2) is 0 Å². The van der Waals surface area contributed by atoms with Gasteiger partial charge in [-0.1, -0.05) is 176 Å². The van der Waals surface area contributed by atoms with Crippen molar-refractivity contribution in [2.75, 3.05) is 4.90 Å². The van der Waals surface area contributed by atoms with Gasteiger partial charge in [0.15, 0.2) is 0 Å². The van der Waals surface area contributed by atoms with E-state index in [2.05, 4.69) is 229 Å². The molecule has 0 amide bonds. The van der Waals surface area contributed by atoms with Gasteiger partial charge in [-0.2, -0.15) is 0 Å². The summed E-state index contributed by atoms with van der Waals surface area (Å²) in [6.07, 6.45) is 0. The summed E-state index contributed by atoms with van der Waals surface area (Å²) in [5.74, 6) is 0. The summed E-state index contributed by atoms with van der Waals surface area (Å²) in [4.78, 5) is 2.33. The highest BCUT2D eigenvalue weighted by Crippen LogP contribution is 2.40. The number of hydrogen-bond donors (Lipinski definition) is 0. The Kier molecular flexibility index (Phi) is 8.66. The van der Waals surface area contributed by atoms with Crippen LogP contribution in [0.25, 0.3) is 66.4 Å². The molecule has 250 valence electrons. The Morgan fingerprint density at radius 2 is 0.660 bits per heavy atom. The third-order valence-electron chi connectivity index (χ3n) is 10.1. The van der Waals surface area contributed by atoms with Gasteiger partial charge in [-0.25, -0.2) is 0 Å². The van der Waals surface area contributed by atoms with Gasteiger partial charge in [0.25, 0.3) is 0 Å². The highest BCUT2D eigenvalue weighted by Gasteiger charge is 2.15. The molecular formula is C52H37N. The van der Waals surface area contributed by atoms with E-state index >= 15 is 0 Å². The first-order valence-corrected chi connectivity index (χ1v) is 18.2. The first-order chi connectivity index (χ1) is 26.3. The summed E-state index contributed by atoms with van der Waals surface area (Å²) < 4.78 is 0. The van der Waals surface area contributed by atoms with Crippen LogP contribution in [0, 0.1) is 0 Å². The van der Waals surface area contributed by atoms with Crippen molar-refractivity contribution in [3.8, 4) is 55.6 Å². The molecule has 9 aromatic rings. The van der Waals surface area contributed by atoms with E-state index in [1.807, 2.05) is 0 Å². The lowest BCUT2D eigenvalue weighted by Gasteiger charge is -2.26. The molecular weight excluding hydrogens is 639 g/mol. The van der Waals surface area contributed by atoms with Crippen LogP contribution in [0.4, 0.5) is 17.1 Å². The molecule has 0 atom stereocenters. The van der Waals surface area contributed by atoms with Gasteiger partial charge in [0.2, 0.25) is 0 Å². The zero-order chi connectivity index (χ0) is 35.4. The fourth-order valence-electron chi connectivity index (χ4n) is 7.41. The Balaban J connectivity index is 1.05.